The lowest BCUT2D eigenvalue weighted by Gasteiger charge is -2.08. The Morgan fingerprint density at radius 2 is 1.47 bits per heavy atom. The molecule has 0 saturated heterocycles. The molecule has 0 aliphatic heterocycles. The molecule has 0 fully saturated rings. The van der Waals surface area contributed by atoms with Crippen molar-refractivity contribution in [2.45, 2.75) is 13.8 Å². The van der Waals surface area contributed by atoms with Gasteiger partial charge < -0.3 is 0 Å². The van der Waals surface area contributed by atoms with Crippen LogP contribution in [-0.2, 0) is 7.05 Å². The number of para-hydroxylation sites is 1. The molecule has 0 atom stereocenters. The number of aryl methyl sites for hydroxylation is 3. The van der Waals surface area contributed by atoms with Crippen LogP contribution in [0.4, 0.5) is 0 Å². The van der Waals surface area contributed by atoms with E-state index in [0.29, 0.717) is 0 Å². The van der Waals surface area contributed by atoms with Crippen LogP contribution in [0.1, 0.15) is 11.1 Å². The van der Waals surface area contributed by atoms with Crippen LogP contribution < -0.4 is 4.57 Å². The lowest BCUT2D eigenvalue weighted by molar-refractivity contribution is -0.633. The minimum Gasteiger partial charge on any atom is -0.194 e. The van der Waals surface area contributed by atoms with Crippen LogP contribution >= 0.6 is 0 Å². The molecule has 1 nitrogen and oxygen atoms in total. The molecule has 0 spiro atoms. The van der Waals surface area contributed by atoms with Gasteiger partial charge in [0.2, 0.25) is 11.2 Å². The first-order chi connectivity index (χ1) is 9.18. The first-order valence-corrected chi connectivity index (χ1v) is 6.63. The van der Waals surface area contributed by atoms with Crippen molar-refractivity contribution in [1.82, 2.24) is 0 Å². The van der Waals surface area contributed by atoms with Gasteiger partial charge in [0.05, 0.1) is 0 Å². The molecule has 3 aromatic rings. The fourth-order valence-electron chi connectivity index (χ4n) is 2.73. The van der Waals surface area contributed by atoms with Crippen molar-refractivity contribution in [3.05, 3.63) is 65.7 Å². The molecule has 1 heterocycles. The average molecular weight is 248 g/mol. The molecule has 2 aromatic carbocycles. The second-order valence-corrected chi connectivity index (χ2v) is 5.10. The third-order valence-corrected chi connectivity index (χ3v) is 3.83. The number of hydrogen-bond acceptors (Lipinski definition) is 0. The molecule has 0 N–H and O–H groups in total. The standard InChI is InChI=1S/C18H18N/c1-13-8-4-5-9-15(13)18-12-14(2)16-10-6-7-11-17(16)19(18)3/h4-12H,1-3H3/q+1. The zero-order chi connectivity index (χ0) is 13.4. The summed E-state index contributed by atoms with van der Waals surface area (Å²) in [5, 5.41) is 1.32. The van der Waals surface area contributed by atoms with Gasteiger partial charge in [-0.2, -0.15) is 4.57 Å². The molecule has 1 aromatic heterocycles. The third-order valence-electron chi connectivity index (χ3n) is 3.83. The summed E-state index contributed by atoms with van der Waals surface area (Å²) in [6, 6.07) is 19.4. The lowest BCUT2D eigenvalue weighted by Crippen LogP contribution is -2.32. The summed E-state index contributed by atoms with van der Waals surface area (Å²) in [6.07, 6.45) is 0. The van der Waals surface area contributed by atoms with E-state index in [1.807, 2.05) is 0 Å². The zero-order valence-corrected chi connectivity index (χ0v) is 11.6. The summed E-state index contributed by atoms with van der Waals surface area (Å²) in [5.41, 5.74) is 6.49. The molecule has 0 aliphatic rings. The second-order valence-electron chi connectivity index (χ2n) is 5.10. The van der Waals surface area contributed by atoms with Crippen LogP contribution in [0.3, 0.4) is 0 Å². The highest BCUT2D eigenvalue weighted by Crippen LogP contribution is 2.24. The normalized spacial score (nSPS) is 10.9. The Labute approximate surface area is 114 Å². The van der Waals surface area contributed by atoms with Crippen LogP contribution in [-0.4, -0.2) is 0 Å². The van der Waals surface area contributed by atoms with E-state index < -0.39 is 0 Å². The predicted molar refractivity (Wildman–Crippen MR) is 80.0 cm³/mol. The zero-order valence-electron chi connectivity index (χ0n) is 11.6. The van der Waals surface area contributed by atoms with E-state index in [1.54, 1.807) is 0 Å². The van der Waals surface area contributed by atoms with Gasteiger partial charge in [0.1, 0.15) is 7.05 Å². The van der Waals surface area contributed by atoms with Crippen molar-refractivity contribution in [3.8, 4) is 11.3 Å². The van der Waals surface area contributed by atoms with Gasteiger partial charge in [-0.05, 0) is 37.1 Å². The number of pyridine rings is 1. The Balaban J connectivity index is 2.38. The maximum atomic E-state index is 2.28. The number of benzene rings is 2. The topological polar surface area (TPSA) is 3.88 Å². The van der Waals surface area contributed by atoms with E-state index in [1.165, 1.54) is 33.3 Å². The Hall–Kier alpha value is -2.15. The third kappa shape index (κ3) is 1.91. The van der Waals surface area contributed by atoms with Gasteiger partial charge in [-0.15, -0.1) is 0 Å². The summed E-state index contributed by atoms with van der Waals surface area (Å²) in [5.74, 6) is 0. The highest BCUT2D eigenvalue weighted by molar-refractivity contribution is 5.81. The predicted octanol–water partition coefficient (Wildman–Crippen LogP) is 3.95. The summed E-state index contributed by atoms with van der Waals surface area (Å²) in [6.45, 7) is 4.35. The molecule has 0 radical (unpaired) electrons. The van der Waals surface area contributed by atoms with Gasteiger partial charge in [-0.1, -0.05) is 30.3 Å². The minimum absolute atomic E-state index is 1.27. The molecule has 19 heavy (non-hydrogen) atoms. The van der Waals surface area contributed by atoms with Crippen LogP contribution in [0.5, 0.6) is 0 Å². The van der Waals surface area contributed by atoms with Crippen molar-refractivity contribution in [2.24, 2.45) is 7.05 Å². The fraction of sp³-hybridized carbons (Fsp3) is 0.167. The van der Waals surface area contributed by atoms with Crippen molar-refractivity contribution >= 4 is 10.9 Å². The highest BCUT2D eigenvalue weighted by Gasteiger charge is 2.16. The minimum atomic E-state index is 1.27. The first-order valence-electron chi connectivity index (χ1n) is 6.63. The number of nitrogens with zero attached hydrogens (tertiary/aromatic N) is 1. The maximum Gasteiger partial charge on any atom is 0.213 e. The van der Waals surface area contributed by atoms with Crippen LogP contribution in [0.15, 0.2) is 54.6 Å². The van der Waals surface area contributed by atoms with E-state index in [-0.39, 0.29) is 0 Å². The van der Waals surface area contributed by atoms with E-state index in [9.17, 15) is 0 Å². The van der Waals surface area contributed by atoms with Gasteiger partial charge in [-0.25, -0.2) is 0 Å². The van der Waals surface area contributed by atoms with Crippen molar-refractivity contribution in [1.29, 1.82) is 0 Å². The quantitative estimate of drug-likeness (QED) is 0.574. The molecule has 0 unspecified atom stereocenters. The van der Waals surface area contributed by atoms with Gasteiger partial charge in [0, 0.05) is 23.1 Å². The van der Waals surface area contributed by atoms with E-state index in [4.69, 9.17) is 0 Å². The highest BCUT2D eigenvalue weighted by atomic mass is 14.9. The van der Waals surface area contributed by atoms with Gasteiger partial charge in [0.15, 0.2) is 0 Å². The molecule has 1 heteroatoms. The number of rotatable bonds is 1. The van der Waals surface area contributed by atoms with Gasteiger partial charge in [0.25, 0.3) is 0 Å². The molecular weight excluding hydrogens is 230 g/mol. The number of hydrogen-bond donors (Lipinski definition) is 0. The van der Waals surface area contributed by atoms with Crippen LogP contribution in [0.25, 0.3) is 22.2 Å². The lowest BCUT2D eigenvalue weighted by atomic mass is 10.0. The van der Waals surface area contributed by atoms with Crippen LogP contribution in [0.2, 0.25) is 0 Å². The summed E-state index contributed by atoms with van der Waals surface area (Å²) >= 11 is 0. The SMILES string of the molecule is Cc1ccccc1-c1cc(C)c2ccccc2[n+]1C. The van der Waals surface area contributed by atoms with Gasteiger partial charge >= 0.3 is 0 Å². The Morgan fingerprint density at radius 1 is 0.789 bits per heavy atom. The molecule has 3 rings (SSSR count). The molecule has 0 aliphatic carbocycles. The largest absolute Gasteiger partial charge is 0.213 e. The Kier molecular flexibility index (Phi) is 2.83. The van der Waals surface area contributed by atoms with Crippen LogP contribution in [0, 0.1) is 13.8 Å². The Morgan fingerprint density at radius 3 is 2.26 bits per heavy atom. The van der Waals surface area contributed by atoms with E-state index in [0.717, 1.165) is 0 Å². The summed E-state index contributed by atoms with van der Waals surface area (Å²) in [7, 11) is 2.14. The monoisotopic (exact) mass is 248 g/mol. The molecular formula is C18H18N+. The second kappa shape index (κ2) is 4.51. The molecule has 0 amide bonds. The van der Waals surface area contributed by atoms with Gasteiger partial charge in [-0.3, -0.25) is 0 Å². The van der Waals surface area contributed by atoms with Crippen molar-refractivity contribution in [2.75, 3.05) is 0 Å². The van der Waals surface area contributed by atoms with E-state index in [2.05, 4.69) is 80.1 Å². The molecule has 0 bridgehead atoms. The first kappa shape index (κ1) is 11.9. The maximum absolute atomic E-state index is 2.28. The number of fused-ring (bicyclic) bond motifs is 1. The fourth-order valence-corrected chi connectivity index (χ4v) is 2.73. The summed E-state index contributed by atoms with van der Waals surface area (Å²) < 4.78 is 2.28. The molecule has 0 saturated carbocycles. The number of aromatic nitrogens is 1. The van der Waals surface area contributed by atoms with Crippen molar-refractivity contribution in [3.63, 3.8) is 0 Å². The van der Waals surface area contributed by atoms with E-state index >= 15 is 0 Å². The average Bonchev–Trinajstić information content (AvgIpc) is 2.44. The van der Waals surface area contributed by atoms with Crippen molar-refractivity contribution < 1.29 is 4.57 Å². The smallest absolute Gasteiger partial charge is 0.194 e. The Bertz CT molecular complexity index is 757. The summed E-state index contributed by atoms with van der Waals surface area (Å²) in [4.78, 5) is 0. The molecule has 94 valence electrons.